The number of carbonyl (C=O) groups excluding carboxylic acids is 2. The van der Waals surface area contributed by atoms with E-state index in [9.17, 15) is 9.59 Å². The molecule has 1 aliphatic carbocycles. The Hall–Kier alpha value is -1.14. The first-order valence-corrected chi connectivity index (χ1v) is 7.85. The van der Waals surface area contributed by atoms with Crippen LogP contribution in [0.3, 0.4) is 0 Å². The van der Waals surface area contributed by atoms with Crippen LogP contribution in [0.1, 0.15) is 33.1 Å². The minimum atomic E-state index is -0.785. The van der Waals surface area contributed by atoms with Gasteiger partial charge in [-0.1, -0.05) is 19.4 Å². The van der Waals surface area contributed by atoms with Crippen LogP contribution >= 0.6 is 15.9 Å². The smallest absolute Gasteiger partial charge is 0.337 e. The summed E-state index contributed by atoms with van der Waals surface area (Å²) in [6.45, 7) is 4.38. The van der Waals surface area contributed by atoms with E-state index in [0.717, 1.165) is 12.8 Å². The Labute approximate surface area is 133 Å². The number of rotatable bonds is 8. The van der Waals surface area contributed by atoms with Crippen molar-refractivity contribution in [1.29, 1.82) is 0 Å². The highest BCUT2D eigenvalue weighted by atomic mass is 79.9. The van der Waals surface area contributed by atoms with Crippen LogP contribution < -0.4 is 0 Å². The molecule has 1 rings (SSSR count). The van der Waals surface area contributed by atoms with Crippen molar-refractivity contribution < 1.29 is 23.8 Å². The van der Waals surface area contributed by atoms with E-state index in [4.69, 9.17) is 14.2 Å². The van der Waals surface area contributed by atoms with Gasteiger partial charge in [-0.05, 0) is 41.4 Å². The van der Waals surface area contributed by atoms with Crippen molar-refractivity contribution in [3.8, 4) is 0 Å². The number of unbranched alkanes of at least 4 members (excludes halogenated alkanes) is 1. The largest absolute Gasteiger partial charge is 0.464 e. The van der Waals surface area contributed by atoms with Gasteiger partial charge in [-0.15, -0.1) is 0 Å². The van der Waals surface area contributed by atoms with Crippen molar-refractivity contribution in [2.24, 2.45) is 0 Å². The van der Waals surface area contributed by atoms with E-state index in [2.05, 4.69) is 15.9 Å². The van der Waals surface area contributed by atoms with Gasteiger partial charge < -0.3 is 14.2 Å². The Bertz CT molecular complexity index is 430. The van der Waals surface area contributed by atoms with Gasteiger partial charge in [0.1, 0.15) is 11.1 Å². The molecule has 0 bridgehead atoms. The van der Waals surface area contributed by atoms with Crippen molar-refractivity contribution in [2.45, 2.75) is 37.6 Å². The maximum absolute atomic E-state index is 11.8. The Morgan fingerprint density at radius 2 is 2.10 bits per heavy atom. The third-order valence-electron chi connectivity index (χ3n) is 2.81. The van der Waals surface area contributed by atoms with Crippen molar-refractivity contribution in [3.63, 3.8) is 0 Å². The first kappa shape index (κ1) is 17.9. The van der Waals surface area contributed by atoms with Crippen LogP contribution in [0.25, 0.3) is 0 Å². The number of hydrogen-bond acceptors (Lipinski definition) is 5. The minimum absolute atomic E-state index is 0.145. The molecule has 1 atom stereocenters. The highest BCUT2D eigenvalue weighted by molar-refractivity contribution is 9.10. The normalized spacial score (nSPS) is 20.8. The lowest BCUT2D eigenvalue weighted by Crippen LogP contribution is -2.28. The molecule has 0 N–H and O–H groups in total. The quantitative estimate of drug-likeness (QED) is 0.378. The van der Waals surface area contributed by atoms with Crippen LogP contribution in [-0.4, -0.2) is 36.3 Å². The SMILES string of the molecule is CCCCOC(=O)C1=CCC(Br)(OCC(=O)OCC)C=C1. The summed E-state index contributed by atoms with van der Waals surface area (Å²) >= 11 is 3.40. The molecule has 5 nitrogen and oxygen atoms in total. The van der Waals surface area contributed by atoms with E-state index < -0.39 is 10.5 Å². The fourth-order valence-corrected chi connectivity index (χ4v) is 2.04. The number of alkyl halides is 1. The fraction of sp³-hybridized carbons (Fsp3) is 0.600. The molecule has 0 radical (unpaired) electrons. The second kappa shape index (κ2) is 9.00. The molecule has 0 spiro atoms. The minimum Gasteiger partial charge on any atom is -0.464 e. The Morgan fingerprint density at radius 1 is 1.33 bits per heavy atom. The predicted molar refractivity (Wildman–Crippen MR) is 82.0 cm³/mol. The first-order valence-electron chi connectivity index (χ1n) is 7.05. The second-order valence-corrected chi connectivity index (χ2v) is 5.91. The summed E-state index contributed by atoms with van der Waals surface area (Å²) in [6.07, 6.45) is 7.33. The number of halogens is 1. The summed E-state index contributed by atoms with van der Waals surface area (Å²) < 4.78 is 14.6. The molecular weight excluding hydrogens is 340 g/mol. The molecule has 0 aromatic carbocycles. The third kappa shape index (κ3) is 6.44. The molecule has 21 heavy (non-hydrogen) atoms. The molecule has 0 aliphatic heterocycles. The van der Waals surface area contributed by atoms with Crippen LogP contribution in [0.15, 0.2) is 23.8 Å². The molecule has 0 aromatic rings. The van der Waals surface area contributed by atoms with E-state index >= 15 is 0 Å². The standard InChI is InChI=1S/C15H21BrO5/c1-3-5-10-20-14(18)12-6-8-15(16,9-7-12)21-11-13(17)19-4-2/h6-8H,3-5,9-11H2,1-2H3. The molecule has 0 heterocycles. The van der Waals surface area contributed by atoms with Crippen molar-refractivity contribution in [3.05, 3.63) is 23.8 Å². The second-order valence-electron chi connectivity index (χ2n) is 4.57. The molecule has 0 amide bonds. The van der Waals surface area contributed by atoms with E-state index in [1.807, 2.05) is 6.92 Å². The summed E-state index contributed by atoms with van der Waals surface area (Å²) in [7, 11) is 0. The average molecular weight is 361 g/mol. The van der Waals surface area contributed by atoms with Gasteiger partial charge in [0.15, 0.2) is 0 Å². The zero-order valence-corrected chi connectivity index (χ0v) is 14.0. The Morgan fingerprint density at radius 3 is 2.67 bits per heavy atom. The van der Waals surface area contributed by atoms with Crippen molar-refractivity contribution in [2.75, 3.05) is 19.8 Å². The molecule has 0 saturated carbocycles. The van der Waals surface area contributed by atoms with Crippen LogP contribution in [0.5, 0.6) is 0 Å². The zero-order valence-electron chi connectivity index (χ0n) is 12.4. The van der Waals surface area contributed by atoms with E-state index in [1.54, 1.807) is 25.2 Å². The molecule has 6 heteroatoms. The van der Waals surface area contributed by atoms with Gasteiger partial charge in [0.05, 0.1) is 18.8 Å². The van der Waals surface area contributed by atoms with Gasteiger partial charge in [0.25, 0.3) is 0 Å². The maximum atomic E-state index is 11.8. The lowest BCUT2D eigenvalue weighted by molar-refractivity contribution is -0.150. The molecule has 118 valence electrons. The third-order valence-corrected chi connectivity index (χ3v) is 3.63. The van der Waals surface area contributed by atoms with E-state index in [1.165, 1.54) is 0 Å². The maximum Gasteiger partial charge on any atom is 0.337 e. The van der Waals surface area contributed by atoms with Gasteiger partial charge in [0, 0.05) is 6.42 Å². The number of esters is 2. The zero-order chi connectivity index (χ0) is 15.7. The Kier molecular flexibility index (Phi) is 7.67. The average Bonchev–Trinajstić information content (AvgIpc) is 2.46. The van der Waals surface area contributed by atoms with Gasteiger partial charge in [-0.3, -0.25) is 0 Å². The van der Waals surface area contributed by atoms with Gasteiger partial charge in [0.2, 0.25) is 0 Å². The number of hydrogen-bond donors (Lipinski definition) is 0. The summed E-state index contributed by atoms with van der Waals surface area (Å²) in [6, 6.07) is 0. The van der Waals surface area contributed by atoms with Gasteiger partial charge in [-0.25, -0.2) is 9.59 Å². The lowest BCUT2D eigenvalue weighted by atomic mass is 10.1. The monoisotopic (exact) mass is 360 g/mol. The summed E-state index contributed by atoms with van der Waals surface area (Å²) in [5.74, 6) is -0.752. The number of ether oxygens (including phenoxy) is 3. The summed E-state index contributed by atoms with van der Waals surface area (Å²) in [5.41, 5.74) is 0.501. The van der Waals surface area contributed by atoms with Crippen molar-refractivity contribution in [1.82, 2.24) is 0 Å². The molecule has 1 aliphatic rings. The Balaban J connectivity index is 2.43. The van der Waals surface area contributed by atoms with Crippen LogP contribution in [0.2, 0.25) is 0 Å². The first-order chi connectivity index (χ1) is 10.0. The topological polar surface area (TPSA) is 61.8 Å². The van der Waals surface area contributed by atoms with Crippen LogP contribution in [0.4, 0.5) is 0 Å². The highest BCUT2D eigenvalue weighted by Gasteiger charge is 2.28. The summed E-state index contributed by atoms with van der Waals surface area (Å²) in [5, 5.41) is 0. The molecule has 1 unspecified atom stereocenters. The van der Waals surface area contributed by atoms with Crippen molar-refractivity contribution >= 4 is 27.9 Å². The highest BCUT2D eigenvalue weighted by Crippen LogP contribution is 2.31. The molecular formula is C15H21BrO5. The van der Waals surface area contributed by atoms with Crippen LogP contribution in [-0.2, 0) is 23.8 Å². The summed E-state index contributed by atoms with van der Waals surface area (Å²) in [4.78, 5) is 23.0. The van der Waals surface area contributed by atoms with Crippen LogP contribution in [0, 0.1) is 0 Å². The lowest BCUT2D eigenvalue weighted by Gasteiger charge is -2.25. The number of carbonyl (C=O) groups is 2. The fourth-order valence-electron chi connectivity index (χ4n) is 1.63. The van der Waals surface area contributed by atoms with E-state index in [-0.39, 0.29) is 12.6 Å². The van der Waals surface area contributed by atoms with Gasteiger partial charge >= 0.3 is 11.9 Å². The molecule has 0 fully saturated rings. The predicted octanol–water partition coefficient (Wildman–Crippen LogP) is 2.89. The molecule has 0 aromatic heterocycles. The van der Waals surface area contributed by atoms with E-state index in [0.29, 0.717) is 25.2 Å². The molecule has 0 saturated heterocycles. The van der Waals surface area contributed by atoms with Gasteiger partial charge in [-0.2, -0.15) is 0 Å².